The quantitative estimate of drug-likeness (QED) is 0.778. The van der Waals surface area contributed by atoms with Crippen molar-refractivity contribution in [3.63, 3.8) is 0 Å². The van der Waals surface area contributed by atoms with Crippen LogP contribution in [0.1, 0.15) is 0 Å². The van der Waals surface area contributed by atoms with Crippen molar-refractivity contribution in [3.8, 4) is 5.75 Å². The zero-order chi connectivity index (χ0) is 17.3. The van der Waals surface area contributed by atoms with E-state index in [0.717, 1.165) is 22.8 Å². The summed E-state index contributed by atoms with van der Waals surface area (Å²) >= 11 is 12.9. The van der Waals surface area contributed by atoms with Gasteiger partial charge in [-0.1, -0.05) is 23.2 Å². The van der Waals surface area contributed by atoms with Crippen molar-refractivity contribution in [1.29, 1.82) is 0 Å². The molecule has 1 saturated heterocycles. The van der Waals surface area contributed by atoms with Gasteiger partial charge in [0.2, 0.25) is 10.0 Å². The van der Waals surface area contributed by atoms with E-state index in [1.807, 2.05) is 24.3 Å². The second-order valence-electron chi connectivity index (χ2n) is 5.28. The topological polar surface area (TPSA) is 49.9 Å². The molecule has 1 aromatic carbocycles. The molecule has 1 aliphatic heterocycles. The normalized spacial score (nSPS) is 16.4. The molecule has 0 N–H and O–H groups in total. The molecule has 5 nitrogen and oxygen atoms in total. The lowest BCUT2D eigenvalue weighted by Gasteiger charge is -2.35. The minimum Gasteiger partial charge on any atom is -0.497 e. The fraction of sp³-hybridized carbons (Fsp3) is 0.333. The van der Waals surface area contributed by atoms with E-state index in [1.165, 1.54) is 10.4 Å². The molecule has 0 radical (unpaired) electrons. The number of thiophene rings is 1. The van der Waals surface area contributed by atoms with E-state index in [4.69, 9.17) is 27.9 Å². The highest BCUT2D eigenvalue weighted by Gasteiger charge is 2.31. The highest BCUT2D eigenvalue weighted by Crippen LogP contribution is 2.36. The highest BCUT2D eigenvalue weighted by atomic mass is 35.5. The monoisotopic (exact) mass is 406 g/mol. The van der Waals surface area contributed by atoms with Gasteiger partial charge in [0.25, 0.3) is 0 Å². The van der Waals surface area contributed by atoms with Gasteiger partial charge in [0.1, 0.15) is 15.0 Å². The van der Waals surface area contributed by atoms with Crippen LogP contribution in [0, 0.1) is 0 Å². The van der Waals surface area contributed by atoms with E-state index >= 15 is 0 Å². The minimum absolute atomic E-state index is 0.0945. The first kappa shape index (κ1) is 17.8. The number of benzene rings is 1. The maximum absolute atomic E-state index is 12.7. The lowest BCUT2D eigenvalue weighted by Crippen LogP contribution is -2.48. The number of rotatable bonds is 4. The molecule has 2 heterocycles. The van der Waals surface area contributed by atoms with Crippen LogP contribution in [0.25, 0.3) is 0 Å². The molecule has 1 aromatic heterocycles. The largest absolute Gasteiger partial charge is 0.497 e. The third kappa shape index (κ3) is 3.50. The average molecular weight is 407 g/mol. The Bertz CT molecular complexity index is 814. The van der Waals surface area contributed by atoms with Crippen LogP contribution in [0.4, 0.5) is 5.69 Å². The summed E-state index contributed by atoms with van der Waals surface area (Å²) in [7, 11) is -1.98. The van der Waals surface area contributed by atoms with Gasteiger partial charge in [0.15, 0.2) is 0 Å². The Balaban J connectivity index is 1.71. The smallest absolute Gasteiger partial charge is 0.245 e. The molecule has 0 bridgehead atoms. The van der Waals surface area contributed by atoms with E-state index in [2.05, 4.69) is 4.90 Å². The van der Waals surface area contributed by atoms with Crippen molar-refractivity contribution >= 4 is 50.2 Å². The standard InChI is InChI=1S/C15H16Cl2N2O3S2/c1-22-12-4-2-11(3-5-12)18-6-8-19(9-7-18)24(20,21)13-10-14(16)23-15(13)17/h2-5,10H,6-9H2,1H3. The van der Waals surface area contributed by atoms with Gasteiger partial charge in [-0.2, -0.15) is 4.31 Å². The molecule has 0 atom stereocenters. The third-order valence-electron chi connectivity index (χ3n) is 3.92. The SMILES string of the molecule is COc1ccc(N2CCN(S(=O)(=O)c3cc(Cl)sc3Cl)CC2)cc1. The van der Waals surface area contributed by atoms with Crippen LogP contribution in [0.5, 0.6) is 5.75 Å². The fourth-order valence-electron chi connectivity index (χ4n) is 2.62. The van der Waals surface area contributed by atoms with Gasteiger partial charge in [-0.15, -0.1) is 11.3 Å². The maximum atomic E-state index is 12.7. The van der Waals surface area contributed by atoms with E-state index in [0.29, 0.717) is 30.5 Å². The number of hydrogen-bond acceptors (Lipinski definition) is 5. The Morgan fingerprint density at radius 1 is 1.08 bits per heavy atom. The minimum atomic E-state index is -3.61. The molecule has 130 valence electrons. The van der Waals surface area contributed by atoms with Gasteiger partial charge in [0, 0.05) is 31.9 Å². The van der Waals surface area contributed by atoms with Crippen LogP contribution in [-0.2, 0) is 10.0 Å². The number of ether oxygens (including phenoxy) is 1. The summed E-state index contributed by atoms with van der Waals surface area (Å²) in [6, 6.07) is 9.15. The summed E-state index contributed by atoms with van der Waals surface area (Å²) < 4.78 is 32.6. The van der Waals surface area contributed by atoms with Crippen molar-refractivity contribution in [3.05, 3.63) is 39.0 Å². The highest BCUT2D eigenvalue weighted by molar-refractivity contribution is 7.89. The van der Waals surface area contributed by atoms with E-state index < -0.39 is 10.0 Å². The summed E-state index contributed by atoms with van der Waals surface area (Å²) in [6.45, 7) is 2.03. The molecule has 0 saturated carbocycles. The molecule has 0 aliphatic carbocycles. The van der Waals surface area contributed by atoms with E-state index in [-0.39, 0.29) is 9.23 Å². The summed E-state index contributed by atoms with van der Waals surface area (Å²) in [5, 5.41) is 0. The van der Waals surface area contributed by atoms with Crippen LogP contribution in [0.15, 0.2) is 35.2 Å². The van der Waals surface area contributed by atoms with E-state index in [9.17, 15) is 8.42 Å². The Kier molecular flexibility index (Phi) is 5.27. The van der Waals surface area contributed by atoms with Crippen LogP contribution < -0.4 is 9.64 Å². The molecule has 0 unspecified atom stereocenters. The number of anilines is 1. The Labute approximate surface area is 155 Å². The van der Waals surface area contributed by atoms with Gasteiger partial charge in [-0.05, 0) is 30.3 Å². The molecule has 1 aliphatic rings. The number of hydrogen-bond donors (Lipinski definition) is 0. The second-order valence-corrected chi connectivity index (χ2v) is 9.47. The lowest BCUT2D eigenvalue weighted by molar-refractivity contribution is 0.385. The predicted octanol–water partition coefficient (Wildman–Crippen LogP) is 3.57. The number of halogens is 2. The molecule has 1 fully saturated rings. The Hall–Kier alpha value is -0.990. The van der Waals surface area contributed by atoms with Gasteiger partial charge in [0.05, 0.1) is 11.4 Å². The number of nitrogens with zero attached hydrogens (tertiary/aromatic N) is 2. The van der Waals surface area contributed by atoms with Crippen molar-refractivity contribution in [2.24, 2.45) is 0 Å². The summed E-state index contributed by atoms with van der Waals surface area (Å²) in [5.41, 5.74) is 1.05. The van der Waals surface area contributed by atoms with E-state index in [1.54, 1.807) is 7.11 Å². The second kappa shape index (κ2) is 7.09. The maximum Gasteiger partial charge on any atom is 0.245 e. The molecule has 3 rings (SSSR count). The van der Waals surface area contributed by atoms with Crippen molar-refractivity contribution < 1.29 is 13.2 Å². The number of piperazine rings is 1. The summed E-state index contributed by atoms with van der Waals surface area (Å²) in [6.07, 6.45) is 0. The van der Waals surface area contributed by atoms with Crippen molar-refractivity contribution in [2.45, 2.75) is 4.90 Å². The molecule has 24 heavy (non-hydrogen) atoms. The zero-order valence-electron chi connectivity index (χ0n) is 12.9. The Morgan fingerprint density at radius 3 is 2.21 bits per heavy atom. The molecular weight excluding hydrogens is 391 g/mol. The zero-order valence-corrected chi connectivity index (χ0v) is 16.1. The molecule has 9 heteroatoms. The van der Waals surface area contributed by atoms with Gasteiger partial charge in [-0.3, -0.25) is 0 Å². The van der Waals surface area contributed by atoms with Crippen LogP contribution in [-0.4, -0.2) is 46.0 Å². The first-order chi connectivity index (χ1) is 11.4. The van der Waals surface area contributed by atoms with Crippen LogP contribution in [0.2, 0.25) is 8.67 Å². The molecule has 0 amide bonds. The lowest BCUT2D eigenvalue weighted by atomic mass is 10.2. The number of methoxy groups -OCH3 is 1. The fourth-order valence-corrected chi connectivity index (χ4v) is 6.15. The van der Waals surface area contributed by atoms with Crippen LogP contribution >= 0.6 is 34.5 Å². The summed E-state index contributed by atoms with van der Waals surface area (Å²) in [5.74, 6) is 0.795. The first-order valence-electron chi connectivity index (χ1n) is 7.26. The number of sulfonamides is 1. The van der Waals surface area contributed by atoms with Crippen molar-refractivity contribution in [2.75, 3.05) is 38.2 Å². The molecule has 0 spiro atoms. The van der Waals surface area contributed by atoms with Gasteiger partial charge >= 0.3 is 0 Å². The van der Waals surface area contributed by atoms with Crippen molar-refractivity contribution in [1.82, 2.24) is 4.31 Å². The summed E-state index contributed by atoms with van der Waals surface area (Å²) in [4.78, 5) is 2.24. The first-order valence-corrected chi connectivity index (χ1v) is 10.3. The molecular formula is C15H16Cl2N2O3S2. The predicted molar refractivity (Wildman–Crippen MR) is 98.3 cm³/mol. The third-order valence-corrected chi connectivity index (χ3v) is 7.57. The van der Waals surface area contributed by atoms with Gasteiger partial charge in [-0.25, -0.2) is 8.42 Å². The van der Waals surface area contributed by atoms with Crippen LogP contribution in [0.3, 0.4) is 0 Å². The van der Waals surface area contributed by atoms with Gasteiger partial charge < -0.3 is 9.64 Å². The average Bonchev–Trinajstić information content (AvgIpc) is 2.94. The molecule has 2 aromatic rings. The Morgan fingerprint density at radius 2 is 1.71 bits per heavy atom.